The Morgan fingerprint density at radius 3 is 2.65 bits per heavy atom. The summed E-state index contributed by atoms with van der Waals surface area (Å²) in [6.45, 7) is 0.680. The van der Waals surface area contributed by atoms with Gasteiger partial charge in [0, 0.05) is 31.3 Å². The largest absolute Gasteiger partial charge is 0.504 e. The number of nitrogens with one attached hydrogen (secondary N) is 1. The first-order chi connectivity index (χ1) is 15.8. The number of carbonyl (C=O) groups excluding carboxylic acids is 1. The van der Waals surface area contributed by atoms with Crippen molar-refractivity contribution in [1.29, 1.82) is 0 Å². The Labute approximate surface area is 187 Å². The van der Waals surface area contributed by atoms with Gasteiger partial charge in [-0.05, 0) is 25.0 Å². The van der Waals surface area contributed by atoms with Crippen molar-refractivity contribution in [2.45, 2.75) is 50.9 Å². The van der Waals surface area contributed by atoms with Gasteiger partial charge in [-0.15, -0.1) is 13.2 Å². The van der Waals surface area contributed by atoms with Crippen LogP contribution in [-0.4, -0.2) is 25.7 Å². The molecule has 1 atom stereocenters. The number of amides is 1. The molecule has 0 spiro atoms. The Morgan fingerprint density at radius 2 is 2.00 bits per heavy atom. The zero-order valence-electron chi connectivity index (χ0n) is 17.3. The average molecular weight is 491 g/mol. The van der Waals surface area contributed by atoms with E-state index in [1.165, 1.54) is 6.07 Å². The molecule has 0 aromatic carbocycles. The van der Waals surface area contributed by atoms with Crippen LogP contribution in [0.1, 0.15) is 65.4 Å². The number of alkyl halides is 7. The number of fused-ring (bicyclic) bond motifs is 1. The Balaban J connectivity index is 1.62. The molecule has 3 aromatic heterocycles. The van der Waals surface area contributed by atoms with Crippen LogP contribution in [0.5, 0.6) is 0 Å². The number of hydrogen-bond acceptors (Lipinski definition) is 5. The first-order valence-corrected chi connectivity index (χ1v) is 9.94. The van der Waals surface area contributed by atoms with Gasteiger partial charge < -0.3 is 9.73 Å². The van der Waals surface area contributed by atoms with Crippen molar-refractivity contribution in [3.63, 3.8) is 0 Å². The molecule has 182 valence electrons. The van der Waals surface area contributed by atoms with E-state index in [2.05, 4.69) is 20.4 Å². The van der Waals surface area contributed by atoms with Crippen molar-refractivity contribution in [1.82, 2.24) is 25.1 Å². The molecule has 1 aliphatic rings. The maximum absolute atomic E-state index is 13.6. The number of hydrogen-bond donors (Lipinski definition) is 1. The smallest absolute Gasteiger partial charge is 0.441 e. The van der Waals surface area contributed by atoms with Gasteiger partial charge in [0.15, 0.2) is 0 Å². The lowest BCUT2D eigenvalue weighted by atomic mass is 9.96. The number of rotatable bonds is 5. The average Bonchev–Trinajstić information content (AvgIpc) is 3.39. The van der Waals surface area contributed by atoms with Gasteiger partial charge in [0.2, 0.25) is 5.89 Å². The highest BCUT2D eigenvalue weighted by Crippen LogP contribution is 2.35. The summed E-state index contributed by atoms with van der Waals surface area (Å²) in [5, 5.41) is 5.19. The van der Waals surface area contributed by atoms with Gasteiger partial charge in [-0.25, -0.2) is 13.8 Å². The van der Waals surface area contributed by atoms with Crippen LogP contribution in [0.4, 0.5) is 30.7 Å². The molecule has 0 saturated heterocycles. The quantitative estimate of drug-likeness (QED) is 0.492. The summed E-state index contributed by atoms with van der Waals surface area (Å²) in [6, 6.07) is 1.65. The Bertz CT molecular complexity index is 1210. The van der Waals surface area contributed by atoms with Gasteiger partial charge in [-0.3, -0.25) is 9.78 Å². The molecule has 1 amide bonds. The number of aryl methyl sites for hydroxylation is 1. The minimum Gasteiger partial charge on any atom is -0.441 e. The molecule has 0 aliphatic heterocycles. The highest BCUT2D eigenvalue weighted by molar-refractivity contribution is 5.95. The number of oxazole rings is 1. The topological polar surface area (TPSA) is 85.8 Å². The number of pyridine rings is 1. The molecule has 0 fully saturated rings. The van der Waals surface area contributed by atoms with Crippen molar-refractivity contribution in [3.05, 3.63) is 52.9 Å². The molecular weight excluding hydrogens is 475 g/mol. The van der Waals surface area contributed by atoms with E-state index in [9.17, 15) is 35.5 Å². The third-order valence-electron chi connectivity index (χ3n) is 5.17. The molecule has 0 radical (unpaired) electrons. The fourth-order valence-corrected chi connectivity index (χ4v) is 3.58. The van der Waals surface area contributed by atoms with Crippen LogP contribution in [-0.2, 0) is 18.6 Å². The summed E-state index contributed by atoms with van der Waals surface area (Å²) in [7, 11) is 0. The monoisotopic (exact) mass is 491 g/mol. The van der Waals surface area contributed by atoms with Crippen molar-refractivity contribution in [3.8, 4) is 11.5 Å². The van der Waals surface area contributed by atoms with Gasteiger partial charge in [0.1, 0.15) is 22.8 Å². The van der Waals surface area contributed by atoms with Crippen LogP contribution in [0, 0.1) is 0 Å². The van der Waals surface area contributed by atoms with E-state index < -0.39 is 52.2 Å². The van der Waals surface area contributed by atoms with Gasteiger partial charge in [-0.2, -0.15) is 18.6 Å². The third-order valence-corrected chi connectivity index (χ3v) is 5.17. The summed E-state index contributed by atoms with van der Waals surface area (Å²) < 4.78 is 97.3. The summed E-state index contributed by atoms with van der Waals surface area (Å²) in [6.07, 6.45) is -5.94. The van der Waals surface area contributed by atoms with Crippen LogP contribution in [0.2, 0.25) is 0 Å². The lowest BCUT2D eigenvalue weighted by Crippen LogP contribution is -2.31. The second-order valence-electron chi connectivity index (χ2n) is 7.70. The minimum atomic E-state index is -5.08. The second kappa shape index (κ2) is 8.40. The van der Waals surface area contributed by atoms with Gasteiger partial charge in [0.05, 0.1) is 11.6 Å². The third kappa shape index (κ3) is 4.61. The standard InChI is InChI=1S/C20H16F7N5O2/c1-19(23,24)13-7-9(5-6-28-13)18-30-15-11(3-2-4-12(15)34-18)29-17(33)10-8-32(20(25,26)27)31-14(10)16(21)22/h5-8,11,16H,2-4H2,1H3,(H,29,33)/t11-/m1/s1. The van der Waals surface area contributed by atoms with E-state index in [-0.39, 0.29) is 23.3 Å². The van der Waals surface area contributed by atoms with Crippen molar-refractivity contribution < 1.29 is 39.9 Å². The maximum Gasteiger partial charge on any atom is 0.504 e. The molecule has 1 N–H and O–H groups in total. The first-order valence-electron chi connectivity index (χ1n) is 9.94. The zero-order chi connectivity index (χ0) is 24.8. The summed E-state index contributed by atoms with van der Waals surface area (Å²) in [5.74, 6) is -4.07. The molecule has 3 aromatic rings. The lowest BCUT2D eigenvalue weighted by molar-refractivity contribution is -0.212. The van der Waals surface area contributed by atoms with Crippen molar-refractivity contribution in [2.75, 3.05) is 0 Å². The molecular formula is C20H16F7N5O2. The van der Waals surface area contributed by atoms with Gasteiger partial charge >= 0.3 is 6.30 Å². The SMILES string of the molecule is CC(F)(F)c1cc(-c2nc3c(o2)CCC[C@H]3NC(=O)c2cn(C(F)(F)F)nc2C(F)F)ccn1. The highest BCUT2D eigenvalue weighted by atomic mass is 19.4. The van der Waals surface area contributed by atoms with Crippen molar-refractivity contribution in [2.24, 2.45) is 0 Å². The molecule has 7 nitrogen and oxygen atoms in total. The molecule has 4 rings (SSSR count). The Kier molecular flexibility index (Phi) is 5.85. The Morgan fingerprint density at radius 1 is 1.26 bits per heavy atom. The fourth-order valence-electron chi connectivity index (χ4n) is 3.58. The fraction of sp³-hybridized carbons (Fsp3) is 0.400. The van der Waals surface area contributed by atoms with Crippen LogP contribution in [0.15, 0.2) is 28.9 Å². The van der Waals surface area contributed by atoms with Crippen LogP contribution in [0.25, 0.3) is 11.5 Å². The predicted molar refractivity (Wildman–Crippen MR) is 101 cm³/mol. The highest BCUT2D eigenvalue weighted by Gasteiger charge is 2.37. The molecule has 3 heterocycles. The number of halogens is 7. The van der Waals surface area contributed by atoms with E-state index in [4.69, 9.17) is 4.42 Å². The van der Waals surface area contributed by atoms with E-state index in [1.807, 2.05) is 0 Å². The summed E-state index contributed by atoms with van der Waals surface area (Å²) >= 11 is 0. The second-order valence-corrected chi connectivity index (χ2v) is 7.70. The lowest BCUT2D eigenvalue weighted by Gasteiger charge is -2.21. The predicted octanol–water partition coefficient (Wildman–Crippen LogP) is 5.27. The van der Waals surface area contributed by atoms with E-state index >= 15 is 0 Å². The molecule has 0 bridgehead atoms. The van der Waals surface area contributed by atoms with E-state index in [0.717, 1.165) is 12.3 Å². The summed E-state index contributed by atoms with van der Waals surface area (Å²) in [5.41, 5.74) is -2.30. The normalized spacial score (nSPS) is 16.6. The van der Waals surface area contributed by atoms with Crippen LogP contribution >= 0.6 is 0 Å². The molecule has 14 heteroatoms. The number of carbonyl (C=O) groups is 1. The molecule has 0 unspecified atom stereocenters. The van der Waals surface area contributed by atoms with Gasteiger partial charge in [-0.1, -0.05) is 0 Å². The molecule has 0 saturated carbocycles. The first kappa shape index (κ1) is 23.7. The van der Waals surface area contributed by atoms with E-state index in [1.54, 1.807) is 0 Å². The zero-order valence-corrected chi connectivity index (χ0v) is 17.3. The van der Waals surface area contributed by atoms with Crippen LogP contribution in [0.3, 0.4) is 0 Å². The number of nitrogens with zero attached hydrogens (tertiary/aromatic N) is 4. The number of aromatic nitrogens is 4. The van der Waals surface area contributed by atoms with Crippen LogP contribution < -0.4 is 5.32 Å². The van der Waals surface area contributed by atoms with E-state index in [0.29, 0.717) is 31.9 Å². The molecule has 34 heavy (non-hydrogen) atoms. The summed E-state index contributed by atoms with van der Waals surface area (Å²) in [4.78, 5) is 20.5. The maximum atomic E-state index is 13.6. The molecule has 1 aliphatic carbocycles. The minimum absolute atomic E-state index is 0.0165. The van der Waals surface area contributed by atoms with Crippen molar-refractivity contribution >= 4 is 5.91 Å². The Hall–Kier alpha value is -3.45. The van der Waals surface area contributed by atoms with Gasteiger partial charge in [0.25, 0.3) is 18.3 Å².